The van der Waals surface area contributed by atoms with E-state index in [1.165, 1.54) is 6.33 Å². The number of hydrogen-bond donors (Lipinski definition) is 5. The highest BCUT2D eigenvalue weighted by Gasteiger charge is 2.22. The first-order valence-corrected chi connectivity index (χ1v) is 11.4. The summed E-state index contributed by atoms with van der Waals surface area (Å²) in [5.41, 5.74) is 3.27. The molecule has 1 aliphatic rings. The van der Waals surface area contributed by atoms with Gasteiger partial charge in [0, 0.05) is 11.8 Å². The zero-order valence-electron chi connectivity index (χ0n) is 19.1. The number of H-pyrrole nitrogens is 2. The number of carbonyl (C=O) groups excluding carboxylic acids is 2. The lowest BCUT2D eigenvalue weighted by atomic mass is 9.94. The van der Waals surface area contributed by atoms with E-state index in [-0.39, 0.29) is 23.4 Å². The summed E-state index contributed by atoms with van der Waals surface area (Å²) >= 11 is 0. The molecule has 5 N–H and O–H groups in total. The van der Waals surface area contributed by atoms with Gasteiger partial charge in [0.15, 0.2) is 5.69 Å². The number of anilines is 2. The minimum atomic E-state index is -0.554. The van der Waals surface area contributed by atoms with Crippen LogP contribution in [0.15, 0.2) is 42.7 Å². The third kappa shape index (κ3) is 5.04. The molecule has 0 unspecified atom stereocenters. The van der Waals surface area contributed by atoms with Crippen LogP contribution in [0, 0.1) is 6.92 Å². The number of nitrogens with one attached hydrogen (secondary N) is 5. The van der Waals surface area contributed by atoms with Crippen molar-refractivity contribution in [3.05, 3.63) is 59.7 Å². The molecule has 4 aromatic rings. The van der Waals surface area contributed by atoms with E-state index < -0.39 is 11.8 Å². The second-order valence-electron chi connectivity index (χ2n) is 8.44. The third-order valence-electron chi connectivity index (χ3n) is 5.87. The summed E-state index contributed by atoms with van der Waals surface area (Å²) in [6.07, 6.45) is 3.38. The van der Waals surface area contributed by atoms with Crippen molar-refractivity contribution in [3.63, 3.8) is 0 Å². The second-order valence-corrected chi connectivity index (χ2v) is 8.44. The van der Waals surface area contributed by atoms with E-state index in [1.54, 1.807) is 18.2 Å². The molecule has 2 radical (unpaired) electrons. The summed E-state index contributed by atoms with van der Waals surface area (Å²) in [6, 6.07) is 10.8. The van der Waals surface area contributed by atoms with Gasteiger partial charge >= 0.3 is 0 Å². The van der Waals surface area contributed by atoms with Crippen LogP contribution in [0.4, 0.5) is 11.6 Å². The number of ether oxygens (including phenoxy) is 1. The summed E-state index contributed by atoms with van der Waals surface area (Å²) in [7, 11) is 5.82. The van der Waals surface area contributed by atoms with E-state index in [9.17, 15) is 9.59 Å². The molecule has 176 valence electrons. The molecule has 2 aromatic heterocycles. The van der Waals surface area contributed by atoms with Crippen molar-refractivity contribution in [2.24, 2.45) is 0 Å². The predicted octanol–water partition coefficient (Wildman–Crippen LogP) is 2.02. The number of aromatic nitrogens is 4. The van der Waals surface area contributed by atoms with Crippen molar-refractivity contribution in [1.29, 1.82) is 0 Å². The number of aryl methyl sites for hydroxylation is 1. The highest BCUT2D eigenvalue weighted by molar-refractivity contribution is 6.32. The maximum absolute atomic E-state index is 12.9. The normalized spacial score (nSPS) is 14.1. The van der Waals surface area contributed by atoms with Crippen molar-refractivity contribution in [2.45, 2.75) is 25.9 Å². The standard InChI is InChI=1S/C24H24BN7O3/c1-13-2-3-14(25)10-18(13)29-22(33)20-21(28-12-27-20)23(34)32-24-30-17-5-4-16(11-19(17)31-24)35-15-6-8-26-9-7-15/h2-5,10-12,15,26H,6-9H2,1H3,(H,27,28)(H,29,33)(H2,30,31,32,34). The molecule has 5 rings (SSSR count). The van der Waals surface area contributed by atoms with Crippen LogP contribution in [-0.2, 0) is 0 Å². The van der Waals surface area contributed by atoms with Crippen molar-refractivity contribution in [3.8, 4) is 5.75 Å². The molecule has 2 amide bonds. The van der Waals surface area contributed by atoms with E-state index in [0.717, 1.165) is 42.8 Å². The molecule has 10 nitrogen and oxygen atoms in total. The first-order chi connectivity index (χ1) is 17.0. The minimum Gasteiger partial charge on any atom is -0.490 e. The average Bonchev–Trinajstić information content (AvgIpc) is 3.49. The Morgan fingerprint density at radius 1 is 1.09 bits per heavy atom. The van der Waals surface area contributed by atoms with Crippen LogP contribution in [0.3, 0.4) is 0 Å². The Kier molecular flexibility index (Phi) is 6.24. The van der Waals surface area contributed by atoms with Gasteiger partial charge in [-0.2, -0.15) is 0 Å². The third-order valence-corrected chi connectivity index (χ3v) is 5.87. The van der Waals surface area contributed by atoms with Crippen molar-refractivity contribution in [2.75, 3.05) is 23.7 Å². The Labute approximate surface area is 202 Å². The Hall–Kier alpha value is -4.12. The fourth-order valence-corrected chi connectivity index (χ4v) is 3.99. The van der Waals surface area contributed by atoms with E-state index in [4.69, 9.17) is 12.6 Å². The second kappa shape index (κ2) is 9.63. The summed E-state index contributed by atoms with van der Waals surface area (Å²) in [5.74, 6) is -0.0939. The lowest BCUT2D eigenvalue weighted by Gasteiger charge is -2.23. The number of benzene rings is 2. The number of hydrogen-bond acceptors (Lipinski definition) is 6. The average molecular weight is 469 g/mol. The van der Waals surface area contributed by atoms with E-state index >= 15 is 0 Å². The maximum Gasteiger partial charge on any atom is 0.276 e. The number of imidazole rings is 2. The number of carbonyl (C=O) groups is 2. The van der Waals surface area contributed by atoms with Crippen LogP contribution in [0.5, 0.6) is 5.75 Å². The van der Waals surface area contributed by atoms with Crippen molar-refractivity contribution in [1.82, 2.24) is 25.3 Å². The number of rotatable bonds is 6. The molecule has 0 atom stereocenters. The highest BCUT2D eigenvalue weighted by atomic mass is 16.5. The topological polar surface area (TPSA) is 137 Å². The van der Waals surface area contributed by atoms with Gasteiger partial charge in [-0.15, -0.1) is 0 Å². The summed E-state index contributed by atoms with van der Waals surface area (Å²) in [4.78, 5) is 40.0. The van der Waals surface area contributed by atoms with Gasteiger partial charge in [0.1, 0.15) is 25.4 Å². The first-order valence-electron chi connectivity index (χ1n) is 11.4. The summed E-state index contributed by atoms with van der Waals surface area (Å²) in [6.45, 7) is 3.73. The fourth-order valence-electron chi connectivity index (χ4n) is 3.99. The molecule has 35 heavy (non-hydrogen) atoms. The zero-order chi connectivity index (χ0) is 24.4. The molecule has 0 aliphatic carbocycles. The van der Waals surface area contributed by atoms with Crippen molar-refractivity contribution >= 4 is 47.8 Å². The molecule has 1 aliphatic heterocycles. The van der Waals surface area contributed by atoms with E-state index in [1.807, 2.05) is 25.1 Å². The van der Waals surface area contributed by atoms with Gasteiger partial charge in [-0.25, -0.2) is 9.97 Å². The molecular formula is C24H24BN7O3. The van der Waals surface area contributed by atoms with Gasteiger partial charge in [-0.3, -0.25) is 14.9 Å². The molecule has 11 heteroatoms. The molecule has 0 bridgehead atoms. The molecule has 3 heterocycles. The lowest BCUT2D eigenvalue weighted by Crippen LogP contribution is -2.34. The molecule has 2 aromatic carbocycles. The van der Waals surface area contributed by atoms with Gasteiger partial charge in [-0.1, -0.05) is 17.6 Å². The molecular weight excluding hydrogens is 445 g/mol. The van der Waals surface area contributed by atoms with Crippen LogP contribution < -0.4 is 26.2 Å². The molecule has 1 saturated heterocycles. The van der Waals surface area contributed by atoms with E-state index in [0.29, 0.717) is 16.7 Å². The van der Waals surface area contributed by atoms with Crippen LogP contribution in [0.1, 0.15) is 39.4 Å². The van der Waals surface area contributed by atoms with Gasteiger partial charge in [-0.05, 0) is 56.6 Å². The van der Waals surface area contributed by atoms with Gasteiger partial charge in [0.2, 0.25) is 5.95 Å². The van der Waals surface area contributed by atoms with Gasteiger partial charge < -0.3 is 25.3 Å². The maximum atomic E-state index is 12.9. The Bertz CT molecular complexity index is 1390. The fraction of sp³-hybridized carbons (Fsp3) is 0.250. The monoisotopic (exact) mass is 469 g/mol. The Balaban J connectivity index is 1.29. The molecule has 1 fully saturated rings. The molecule has 0 saturated carbocycles. The zero-order valence-corrected chi connectivity index (χ0v) is 19.1. The number of aromatic amines is 2. The predicted molar refractivity (Wildman–Crippen MR) is 134 cm³/mol. The van der Waals surface area contributed by atoms with Crippen molar-refractivity contribution < 1.29 is 14.3 Å². The van der Waals surface area contributed by atoms with Crippen LogP contribution in [-0.4, -0.2) is 58.8 Å². The number of amides is 2. The highest BCUT2D eigenvalue weighted by Crippen LogP contribution is 2.23. The van der Waals surface area contributed by atoms with Crippen LogP contribution >= 0.6 is 0 Å². The first kappa shape index (κ1) is 22.7. The summed E-state index contributed by atoms with van der Waals surface area (Å²) < 4.78 is 6.08. The number of fused-ring (bicyclic) bond motifs is 1. The van der Waals surface area contributed by atoms with Crippen LogP contribution in [0.25, 0.3) is 11.0 Å². The SMILES string of the molecule is [B]c1ccc(C)c(NC(=O)c2nc[nH]c2C(=O)Nc2nc3ccc(OC4CCNCC4)cc3[nH]2)c1. The number of piperidine rings is 1. The smallest absolute Gasteiger partial charge is 0.276 e. The minimum absolute atomic E-state index is 0.0134. The Morgan fingerprint density at radius 2 is 1.91 bits per heavy atom. The number of nitrogens with zero attached hydrogens (tertiary/aromatic N) is 2. The van der Waals surface area contributed by atoms with Crippen LogP contribution in [0.2, 0.25) is 0 Å². The lowest BCUT2D eigenvalue weighted by molar-refractivity contribution is 0.0985. The van der Waals surface area contributed by atoms with Gasteiger partial charge in [0.25, 0.3) is 11.8 Å². The quantitative estimate of drug-likeness (QED) is 0.274. The largest absolute Gasteiger partial charge is 0.490 e. The Morgan fingerprint density at radius 3 is 2.74 bits per heavy atom. The summed E-state index contributed by atoms with van der Waals surface area (Å²) in [5, 5.41) is 8.76. The van der Waals surface area contributed by atoms with Gasteiger partial charge in [0.05, 0.1) is 17.4 Å². The molecule has 0 spiro atoms. The van der Waals surface area contributed by atoms with E-state index in [2.05, 4.69) is 35.9 Å².